The monoisotopic (exact) mass is 248 g/mol. The van der Waals surface area contributed by atoms with Crippen molar-refractivity contribution in [2.24, 2.45) is 0 Å². The van der Waals surface area contributed by atoms with Crippen LogP contribution in [0, 0.1) is 6.92 Å². The van der Waals surface area contributed by atoms with Crippen LogP contribution in [0.25, 0.3) is 10.6 Å². The highest BCUT2D eigenvalue weighted by Crippen LogP contribution is 2.27. The molecule has 0 bridgehead atoms. The smallest absolute Gasteiger partial charge is 0.149 e. The van der Waals surface area contributed by atoms with E-state index in [-0.39, 0.29) is 0 Å². The fraction of sp³-hybridized carbons (Fsp3) is 0.417. The maximum absolute atomic E-state index is 4.27. The van der Waals surface area contributed by atoms with E-state index in [0.29, 0.717) is 6.04 Å². The van der Waals surface area contributed by atoms with Crippen molar-refractivity contribution in [2.45, 2.75) is 26.3 Å². The Morgan fingerprint density at radius 3 is 2.76 bits per heavy atom. The van der Waals surface area contributed by atoms with E-state index < -0.39 is 0 Å². The van der Waals surface area contributed by atoms with Gasteiger partial charge in [-0.15, -0.1) is 10.2 Å². The number of aryl methyl sites for hydroxylation is 1. The number of aromatic nitrogens is 3. The summed E-state index contributed by atoms with van der Waals surface area (Å²) in [5.41, 5.74) is 2.05. The predicted octanol–water partition coefficient (Wildman–Crippen LogP) is 2.58. The Hall–Kier alpha value is -1.33. The van der Waals surface area contributed by atoms with Crippen molar-refractivity contribution in [3.8, 4) is 10.6 Å². The second-order valence-electron chi connectivity index (χ2n) is 3.88. The van der Waals surface area contributed by atoms with Crippen LogP contribution in [0.1, 0.15) is 30.1 Å². The molecule has 17 heavy (non-hydrogen) atoms. The summed E-state index contributed by atoms with van der Waals surface area (Å²) in [6, 6.07) is 4.32. The molecular formula is C12H16N4S. The topological polar surface area (TPSA) is 50.7 Å². The first-order valence-electron chi connectivity index (χ1n) is 5.68. The average Bonchev–Trinajstić information content (AvgIpc) is 2.81. The molecule has 90 valence electrons. The zero-order chi connectivity index (χ0) is 12.3. The molecule has 0 amide bonds. The van der Waals surface area contributed by atoms with Crippen LogP contribution in [0.15, 0.2) is 18.3 Å². The molecule has 4 nitrogen and oxygen atoms in total. The molecule has 1 unspecified atom stereocenters. The van der Waals surface area contributed by atoms with Gasteiger partial charge in [-0.05, 0) is 32.5 Å². The third-order valence-corrected chi connectivity index (χ3v) is 3.74. The molecule has 5 heteroatoms. The van der Waals surface area contributed by atoms with Crippen molar-refractivity contribution in [1.29, 1.82) is 0 Å². The van der Waals surface area contributed by atoms with Crippen molar-refractivity contribution in [3.05, 3.63) is 29.0 Å². The molecule has 0 spiro atoms. The van der Waals surface area contributed by atoms with Gasteiger partial charge in [0.2, 0.25) is 0 Å². The predicted molar refractivity (Wildman–Crippen MR) is 70.0 cm³/mol. The van der Waals surface area contributed by atoms with E-state index in [2.05, 4.69) is 27.4 Å². The van der Waals surface area contributed by atoms with Crippen molar-refractivity contribution < 1.29 is 0 Å². The standard InChI is InChI=1S/C12H16N4S/c1-4-10(13-3)12-16-15-11(17-12)9-6-5-8(2)14-7-9/h5-7,10,13H,4H2,1-3H3. The molecule has 2 aromatic rings. The molecule has 0 aliphatic heterocycles. The fourth-order valence-electron chi connectivity index (χ4n) is 1.59. The van der Waals surface area contributed by atoms with Gasteiger partial charge in [-0.3, -0.25) is 4.98 Å². The lowest BCUT2D eigenvalue weighted by Crippen LogP contribution is -2.14. The second-order valence-corrected chi connectivity index (χ2v) is 4.89. The minimum Gasteiger partial charge on any atom is -0.311 e. The lowest BCUT2D eigenvalue weighted by atomic mass is 10.2. The Morgan fingerprint density at radius 1 is 1.35 bits per heavy atom. The molecule has 0 saturated carbocycles. The first-order valence-corrected chi connectivity index (χ1v) is 6.50. The highest BCUT2D eigenvalue weighted by atomic mass is 32.1. The lowest BCUT2D eigenvalue weighted by Gasteiger charge is -2.07. The van der Waals surface area contributed by atoms with E-state index in [9.17, 15) is 0 Å². The molecule has 2 aromatic heterocycles. The molecule has 0 aromatic carbocycles. The number of rotatable bonds is 4. The Kier molecular flexibility index (Phi) is 3.81. The summed E-state index contributed by atoms with van der Waals surface area (Å²) in [5, 5.41) is 13.7. The molecule has 2 rings (SSSR count). The van der Waals surface area contributed by atoms with Crippen LogP contribution in [0.3, 0.4) is 0 Å². The molecule has 2 heterocycles. The summed E-state index contributed by atoms with van der Waals surface area (Å²) in [5.74, 6) is 0. The van der Waals surface area contributed by atoms with Crippen LogP contribution in [0.2, 0.25) is 0 Å². The Labute approximate surface area is 105 Å². The van der Waals surface area contributed by atoms with E-state index in [0.717, 1.165) is 27.7 Å². The van der Waals surface area contributed by atoms with Crippen LogP contribution in [-0.2, 0) is 0 Å². The van der Waals surface area contributed by atoms with Crippen molar-refractivity contribution in [3.63, 3.8) is 0 Å². The maximum atomic E-state index is 4.27. The quantitative estimate of drug-likeness (QED) is 0.903. The van der Waals surface area contributed by atoms with Gasteiger partial charge in [0.25, 0.3) is 0 Å². The van der Waals surface area contributed by atoms with E-state index in [1.807, 2.05) is 32.3 Å². The van der Waals surface area contributed by atoms with Crippen molar-refractivity contribution >= 4 is 11.3 Å². The van der Waals surface area contributed by atoms with E-state index in [1.54, 1.807) is 11.3 Å². The van der Waals surface area contributed by atoms with Gasteiger partial charge < -0.3 is 5.32 Å². The molecule has 0 radical (unpaired) electrons. The lowest BCUT2D eigenvalue weighted by molar-refractivity contribution is 0.568. The van der Waals surface area contributed by atoms with Gasteiger partial charge in [0, 0.05) is 17.5 Å². The van der Waals surface area contributed by atoms with Gasteiger partial charge in [0.1, 0.15) is 10.0 Å². The van der Waals surface area contributed by atoms with Crippen LogP contribution in [0.4, 0.5) is 0 Å². The summed E-state index contributed by atoms with van der Waals surface area (Å²) in [6.45, 7) is 4.11. The average molecular weight is 248 g/mol. The van der Waals surface area contributed by atoms with Gasteiger partial charge in [-0.1, -0.05) is 18.3 Å². The van der Waals surface area contributed by atoms with Gasteiger partial charge in [-0.25, -0.2) is 0 Å². The van der Waals surface area contributed by atoms with Gasteiger partial charge in [-0.2, -0.15) is 0 Å². The number of pyridine rings is 1. The van der Waals surface area contributed by atoms with E-state index >= 15 is 0 Å². The normalized spacial score (nSPS) is 12.6. The summed E-state index contributed by atoms with van der Waals surface area (Å²) in [7, 11) is 1.95. The Bertz CT molecular complexity index is 474. The third kappa shape index (κ3) is 2.68. The number of nitrogens with zero attached hydrogens (tertiary/aromatic N) is 3. The first-order chi connectivity index (χ1) is 8.24. The Morgan fingerprint density at radius 2 is 2.18 bits per heavy atom. The number of hydrogen-bond acceptors (Lipinski definition) is 5. The van der Waals surface area contributed by atoms with Gasteiger partial charge >= 0.3 is 0 Å². The highest BCUT2D eigenvalue weighted by Gasteiger charge is 2.13. The first kappa shape index (κ1) is 12.1. The molecule has 1 N–H and O–H groups in total. The van der Waals surface area contributed by atoms with Crippen molar-refractivity contribution in [1.82, 2.24) is 20.5 Å². The van der Waals surface area contributed by atoms with Gasteiger partial charge in [0.15, 0.2) is 0 Å². The minimum absolute atomic E-state index is 0.291. The summed E-state index contributed by atoms with van der Waals surface area (Å²) in [4.78, 5) is 4.27. The maximum Gasteiger partial charge on any atom is 0.149 e. The summed E-state index contributed by atoms with van der Waals surface area (Å²) in [6.07, 6.45) is 2.86. The summed E-state index contributed by atoms with van der Waals surface area (Å²) < 4.78 is 0. The zero-order valence-electron chi connectivity index (χ0n) is 10.3. The molecular weight excluding hydrogens is 232 g/mol. The summed E-state index contributed by atoms with van der Waals surface area (Å²) >= 11 is 1.62. The van der Waals surface area contributed by atoms with Gasteiger partial charge in [0.05, 0.1) is 6.04 Å². The van der Waals surface area contributed by atoms with Crippen LogP contribution in [-0.4, -0.2) is 22.2 Å². The second kappa shape index (κ2) is 5.33. The number of hydrogen-bond donors (Lipinski definition) is 1. The molecule has 0 aliphatic rings. The fourth-order valence-corrected chi connectivity index (χ4v) is 2.62. The minimum atomic E-state index is 0.291. The third-order valence-electron chi connectivity index (χ3n) is 2.65. The van der Waals surface area contributed by atoms with E-state index in [1.165, 1.54) is 0 Å². The van der Waals surface area contributed by atoms with Crippen LogP contribution >= 0.6 is 11.3 Å². The highest BCUT2D eigenvalue weighted by molar-refractivity contribution is 7.14. The molecule has 0 aliphatic carbocycles. The van der Waals surface area contributed by atoms with E-state index in [4.69, 9.17) is 0 Å². The molecule has 1 atom stereocenters. The zero-order valence-corrected chi connectivity index (χ0v) is 11.1. The Balaban J connectivity index is 2.26. The molecule has 0 fully saturated rings. The number of nitrogens with one attached hydrogen (secondary N) is 1. The molecule has 0 saturated heterocycles. The van der Waals surface area contributed by atoms with Crippen LogP contribution < -0.4 is 5.32 Å². The van der Waals surface area contributed by atoms with Crippen LogP contribution in [0.5, 0.6) is 0 Å². The SMILES string of the molecule is CCC(NC)c1nnc(-c2ccc(C)nc2)s1. The largest absolute Gasteiger partial charge is 0.311 e. The van der Waals surface area contributed by atoms with Crippen molar-refractivity contribution in [2.75, 3.05) is 7.05 Å².